The minimum absolute atomic E-state index is 0.122. The minimum atomic E-state index is -0.208. The fourth-order valence-electron chi connectivity index (χ4n) is 1.67. The molecule has 0 aliphatic heterocycles. The lowest BCUT2D eigenvalue weighted by molar-refractivity contribution is 0.0956. The van der Waals surface area contributed by atoms with Crippen LogP contribution in [0.1, 0.15) is 21.7 Å². The van der Waals surface area contributed by atoms with Gasteiger partial charge in [0.15, 0.2) is 0 Å². The average molecular weight is 289 g/mol. The molecule has 0 fully saturated rings. The summed E-state index contributed by atoms with van der Waals surface area (Å²) < 4.78 is 1.83. The highest BCUT2D eigenvalue weighted by Gasteiger charge is 2.10. The van der Waals surface area contributed by atoms with E-state index in [1.807, 2.05) is 22.3 Å². The topological polar surface area (TPSA) is 67.2 Å². The first-order valence-corrected chi connectivity index (χ1v) is 7.12. The van der Waals surface area contributed by atoms with Gasteiger partial charge in [0.25, 0.3) is 5.91 Å². The van der Waals surface area contributed by atoms with Gasteiger partial charge in [0, 0.05) is 31.0 Å². The highest BCUT2D eigenvalue weighted by Crippen LogP contribution is 2.15. The third-order valence-corrected chi connectivity index (χ3v) is 3.50. The molecule has 2 aromatic heterocycles. The van der Waals surface area contributed by atoms with Crippen LogP contribution < -0.4 is 5.32 Å². The highest BCUT2D eigenvalue weighted by atomic mass is 32.1. The smallest absolute Gasteiger partial charge is 0.262 e. The maximum absolute atomic E-state index is 12.0. The van der Waals surface area contributed by atoms with Crippen molar-refractivity contribution < 1.29 is 9.90 Å². The van der Waals surface area contributed by atoms with Gasteiger partial charge in [-0.2, -0.15) is 5.10 Å². The van der Waals surface area contributed by atoms with Crippen molar-refractivity contribution in [2.24, 2.45) is 0 Å². The van der Waals surface area contributed by atoms with Crippen LogP contribution in [0, 0.1) is 11.8 Å². The summed E-state index contributed by atoms with van der Waals surface area (Å²) in [5, 5.41) is 17.5. The third-order valence-electron chi connectivity index (χ3n) is 2.58. The fourth-order valence-corrected chi connectivity index (χ4v) is 2.44. The number of rotatable bonds is 5. The van der Waals surface area contributed by atoms with E-state index >= 15 is 0 Å². The standard InChI is InChI=1S/C14H15N3O2S/c18-10-1-4-12-5-11-20-13(12)14(19)15-6-2-8-17-9-3-7-16-17/h3,5,7,9,11,18H,2,6,8,10H2,(H,15,19). The first kappa shape index (κ1) is 14.3. The molecule has 5 nitrogen and oxygen atoms in total. The molecule has 2 heterocycles. The van der Waals surface area contributed by atoms with Gasteiger partial charge in [-0.15, -0.1) is 11.3 Å². The Labute approximate surface area is 121 Å². The van der Waals surface area contributed by atoms with Gasteiger partial charge in [0.1, 0.15) is 11.5 Å². The molecular weight excluding hydrogens is 274 g/mol. The summed E-state index contributed by atoms with van der Waals surface area (Å²) in [6.45, 7) is 1.15. The normalized spacial score (nSPS) is 9.85. The van der Waals surface area contributed by atoms with Crippen molar-refractivity contribution in [3.8, 4) is 11.8 Å². The van der Waals surface area contributed by atoms with Crippen molar-refractivity contribution in [1.29, 1.82) is 0 Å². The Balaban J connectivity index is 1.81. The van der Waals surface area contributed by atoms with E-state index in [4.69, 9.17) is 5.11 Å². The highest BCUT2D eigenvalue weighted by molar-refractivity contribution is 7.12. The van der Waals surface area contributed by atoms with Crippen LogP contribution in [0.3, 0.4) is 0 Å². The van der Waals surface area contributed by atoms with E-state index in [9.17, 15) is 4.79 Å². The zero-order valence-corrected chi connectivity index (χ0v) is 11.7. The Morgan fingerprint density at radius 1 is 1.55 bits per heavy atom. The number of thiophene rings is 1. The summed E-state index contributed by atoms with van der Waals surface area (Å²) in [5.74, 6) is 5.20. The predicted octanol–water partition coefficient (Wildman–Crippen LogP) is 1.11. The van der Waals surface area contributed by atoms with Crippen LogP contribution in [0.5, 0.6) is 0 Å². The summed E-state index contributed by atoms with van der Waals surface area (Å²) in [6, 6.07) is 3.66. The lowest BCUT2D eigenvalue weighted by atomic mass is 10.2. The van der Waals surface area contributed by atoms with E-state index < -0.39 is 0 Å². The van der Waals surface area contributed by atoms with Crippen molar-refractivity contribution in [3.05, 3.63) is 40.3 Å². The molecule has 1 amide bonds. The van der Waals surface area contributed by atoms with Crippen LogP contribution in [-0.2, 0) is 6.54 Å². The second-order valence-corrected chi connectivity index (χ2v) is 4.92. The number of carbonyl (C=O) groups is 1. The van der Waals surface area contributed by atoms with Crippen molar-refractivity contribution in [3.63, 3.8) is 0 Å². The number of aryl methyl sites for hydroxylation is 1. The van der Waals surface area contributed by atoms with Gasteiger partial charge in [-0.05, 0) is 23.9 Å². The van der Waals surface area contributed by atoms with Gasteiger partial charge in [-0.1, -0.05) is 11.8 Å². The summed E-state index contributed by atoms with van der Waals surface area (Å²) in [6.07, 6.45) is 4.44. The first-order valence-electron chi connectivity index (χ1n) is 6.24. The van der Waals surface area contributed by atoms with Gasteiger partial charge < -0.3 is 10.4 Å². The van der Waals surface area contributed by atoms with E-state index in [-0.39, 0.29) is 12.5 Å². The predicted molar refractivity (Wildman–Crippen MR) is 77.5 cm³/mol. The number of nitrogens with one attached hydrogen (secondary N) is 1. The molecule has 0 aliphatic carbocycles. The maximum atomic E-state index is 12.0. The molecule has 20 heavy (non-hydrogen) atoms. The molecule has 0 saturated carbocycles. The summed E-state index contributed by atoms with van der Waals surface area (Å²) >= 11 is 1.35. The number of hydrogen-bond acceptors (Lipinski definition) is 4. The zero-order chi connectivity index (χ0) is 14.2. The third kappa shape index (κ3) is 3.95. The van der Waals surface area contributed by atoms with Gasteiger partial charge in [-0.3, -0.25) is 9.48 Å². The number of aromatic nitrogens is 2. The molecule has 104 valence electrons. The van der Waals surface area contributed by atoms with Crippen LogP contribution in [0.2, 0.25) is 0 Å². The summed E-state index contributed by atoms with van der Waals surface area (Å²) in [7, 11) is 0. The lowest BCUT2D eigenvalue weighted by Crippen LogP contribution is -2.25. The number of hydrogen-bond donors (Lipinski definition) is 2. The summed E-state index contributed by atoms with van der Waals surface area (Å²) in [5.41, 5.74) is 0.661. The Bertz CT molecular complexity index is 608. The lowest BCUT2D eigenvalue weighted by Gasteiger charge is -2.04. The first-order chi connectivity index (χ1) is 9.81. The SMILES string of the molecule is O=C(NCCCn1cccn1)c1sccc1C#CCO. The Morgan fingerprint density at radius 2 is 2.45 bits per heavy atom. The van der Waals surface area contributed by atoms with Crippen molar-refractivity contribution in [2.75, 3.05) is 13.2 Å². The number of nitrogens with zero attached hydrogens (tertiary/aromatic N) is 2. The molecule has 6 heteroatoms. The fraction of sp³-hybridized carbons (Fsp3) is 0.286. The molecule has 2 N–H and O–H groups in total. The molecule has 0 atom stereocenters. The molecular formula is C14H15N3O2S. The zero-order valence-electron chi connectivity index (χ0n) is 10.9. The Kier molecular flexibility index (Phi) is 5.35. The maximum Gasteiger partial charge on any atom is 0.262 e. The van der Waals surface area contributed by atoms with Crippen LogP contribution in [0.4, 0.5) is 0 Å². The molecule has 2 aromatic rings. The van der Waals surface area contributed by atoms with Gasteiger partial charge >= 0.3 is 0 Å². The Morgan fingerprint density at radius 3 is 3.20 bits per heavy atom. The molecule has 0 saturated heterocycles. The van der Waals surface area contributed by atoms with E-state index in [0.29, 0.717) is 17.0 Å². The molecule has 0 aromatic carbocycles. The van der Waals surface area contributed by atoms with Crippen molar-refractivity contribution >= 4 is 17.2 Å². The number of aliphatic hydroxyl groups is 1. The van der Waals surface area contributed by atoms with Gasteiger partial charge in [0.05, 0.1) is 0 Å². The minimum Gasteiger partial charge on any atom is -0.384 e. The second-order valence-electron chi connectivity index (χ2n) is 4.00. The second kappa shape index (κ2) is 7.48. The van der Waals surface area contributed by atoms with E-state index in [1.165, 1.54) is 11.3 Å². The number of amides is 1. The number of aliphatic hydroxyl groups excluding tert-OH is 1. The van der Waals surface area contributed by atoms with Crippen LogP contribution >= 0.6 is 11.3 Å². The van der Waals surface area contributed by atoms with Crippen LogP contribution in [0.25, 0.3) is 0 Å². The van der Waals surface area contributed by atoms with Crippen LogP contribution in [-0.4, -0.2) is 33.9 Å². The van der Waals surface area contributed by atoms with Gasteiger partial charge in [-0.25, -0.2) is 0 Å². The summed E-state index contributed by atoms with van der Waals surface area (Å²) in [4.78, 5) is 12.6. The quantitative estimate of drug-likeness (QED) is 0.640. The van der Waals surface area contributed by atoms with E-state index in [2.05, 4.69) is 22.3 Å². The molecule has 0 bridgehead atoms. The van der Waals surface area contributed by atoms with Gasteiger partial charge in [0.2, 0.25) is 0 Å². The molecule has 0 aliphatic rings. The average Bonchev–Trinajstić information content (AvgIpc) is 3.12. The van der Waals surface area contributed by atoms with Crippen molar-refractivity contribution in [2.45, 2.75) is 13.0 Å². The molecule has 0 spiro atoms. The monoisotopic (exact) mass is 289 g/mol. The van der Waals surface area contributed by atoms with Crippen molar-refractivity contribution in [1.82, 2.24) is 15.1 Å². The molecule has 2 rings (SSSR count). The molecule has 0 unspecified atom stereocenters. The molecule has 0 radical (unpaired) electrons. The van der Waals surface area contributed by atoms with E-state index in [0.717, 1.165) is 13.0 Å². The Hall–Kier alpha value is -2.10. The largest absolute Gasteiger partial charge is 0.384 e. The van der Waals surface area contributed by atoms with E-state index in [1.54, 1.807) is 12.3 Å². The van der Waals surface area contributed by atoms with Crippen LogP contribution in [0.15, 0.2) is 29.9 Å². The number of carbonyl (C=O) groups excluding carboxylic acids is 1.